The molecule has 10 rings (SSSR count). The zero-order chi connectivity index (χ0) is 39.0. The van der Waals surface area contributed by atoms with E-state index in [0.29, 0.717) is 0 Å². The number of anilines is 3. The number of aryl methyl sites for hydroxylation is 1. The fourth-order valence-corrected chi connectivity index (χ4v) is 8.32. The molecule has 3 heteroatoms. The number of furan rings is 1. The zero-order valence-electron chi connectivity index (χ0n) is 32.2. The van der Waals surface area contributed by atoms with Gasteiger partial charge in [0.15, 0.2) is 5.58 Å². The van der Waals surface area contributed by atoms with Crippen LogP contribution in [0.25, 0.3) is 77.9 Å². The van der Waals surface area contributed by atoms with E-state index in [0.717, 1.165) is 61.7 Å². The van der Waals surface area contributed by atoms with Crippen LogP contribution in [-0.4, -0.2) is 4.57 Å². The minimum atomic E-state index is 0.827. The molecule has 0 atom stereocenters. The maximum atomic E-state index is 6.73. The third kappa shape index (κ3) is 6.20. The molecule has 0 bridgehead atoms. The second kappa shape index (κ2) is 14.8. The Hall–Kier alpha value is -7.62. The predicted molar refractivity (Wildman–Crippen MR) is 246 cm³/mol. The summed E-state index contributed by atoms with van der Waals surface area (Å²) in [7, 11) is 0. The van der Waals surface area contributed by atoms with Crippen LogP contribution in [0.3, 0.4) is 0 Å². The van der Waals surface area contributed by atoms with Crippen LogP contribution in [0.5, 0.6) is 0 Å². The Morgan fingerprint density at radius 3 is 1.50 bits per heavy atom. The molecule has 0 aliphatic rings. The lowest BCUT2D eigenvalue weighted by molar-refractivity contribution is 0.578. The van der Waals surface area contributed by atoms with Gasteiger partial charge in [0.05, 0.1) is 16.7 Å². The summed E-state index contributed by atoms with van der Waals surface area (Å²) < 4.78 is 9.09. The summed E-state index contributed by atoms with van der Waals surface area (Å²) in [5.74, 6) is 0.857. The molecule has 276 valence electrons. The van der Waals surface area contributed by atoms with Gasteiger partial charge < -0.3 is 13.9 Å². The Morgan fingerprint density at radius 1 is 0.483 bits per heavy atom. The van der Waals surface area contributed by atoms with Crippen molar-refractivity contribution in [3.8, 4) is 39.1 Å². The van der Waals surface area contributed by atoms with E-state index in [4.69, 9.17) is 4.42 Å². The molecule has 10 aromatic rings. The number of para-hydroxylation sites is 2. The molecule has 0 saturated carbocycles. The molecule has 0 spiro atoms. The number of rotatable bonds is 9. The number of fused-ring (bicyclic) bond motifs is 4. The summed E-state index contributed by atoms with van der Waals surface area (Å²) in [6, 6.07) is 69.5. The molecule has 0 amide bonds. The van der Waals surface area contributed by atoms with Crippen LogP contribution in [0.2, 0.25) is 0 Å². The summed E-state index contributed by atoms with van der Waals surface area (Å²) in [6.45, 7) is 5.98. The number of hydrogen-bond acceptors (Lipinski definition) is 2. The first-order chi connectivity index (χ1) is 28.6. The predicted octanol–water partition coefficient (Wildman–Crippen LogP) is 15.5. The molecule has 2 heterocycles. The number of allylic oxidation sites excluding steroid dienone is 2. The van der Waals surface area contributed by atoms with Gasteiger partial charge in [0.1, 0.15) is 5.76 Å². The summed E-state index contributed by atoms with van der Waals surface area (Å²) in [6.07, 6.45) is 5.87. The minimum absolute atomic E-state index is 0.827. The van der Waals surface area contributed by atoms with Crippen molar-refractivity contribution in [1.82, 2.24) is 4.57 Å². The lowest BCUT2D eigenvalue weighted by Gasteiger charge is -2.27. The summed E-state index contributed by atoms with van der Waals surface area (Å²) in [5, 5.41) is 3.54. The average molecular weight is 745 g/mol. The first-order valence-electron chi connectivity index (χ1n) is 19.7. The van der Waals surface area contributed by atoms with Crippen LogP contribution in [0.1, 0.15) is 11.3 Å². The summed E-state index contributed by atoms with van der Waals surface area (Å²) in [4.78, 5) is 2.33. The first kappa shape index (κ1) is 34.8. The molecule has 0 unspecified atom stereocenters. The van der Waals surface area contributed by atoms with E-state index in [1.54, 1.807) is 0 Å². The van der Waals surface area contributed by atoms with Crippen LogP contribution in [0, 0.1) is 6.92 Å². The van der Waals surface area contributed by atoms with Crippen LogP contribution in [0.4, 0.5) is 17.1 Å². The highest BCUT2D eigenvalue weighted by atomic mass is 16.3. The molecule has 3 nitrogen and oxygen atoms in total. The molecular weight excluding hydrogens is 705 g/mol. The van der Waals surface area contributed by atoms with Gasteiger partial charge in [-0.15, -0.1) is 0 Å². The first-order valence-corrected chi connectivity index (χ1v) is 19.7. The molecule has 58 heavy (non-hydrogen) atoms. The van der Waals surface area contributed by atoms with Crippen LogP contribution < -0.4 is 4.90 Å². The van der Waals surface area contributed by atoms with Gasteiger partial charge in [-0.05, 0) is 101 Å². The molecule has 0 aliphatic heterocycles. The fourth-order valence-electron chi connectivity index (χ4n) is 8.32. The van der Waals surface area contributed by atoms with Crippen molar-refractivity contribution < 1.29 is 4.42 Å². The minimum Gasteiger partial charge on any atom is -0.459 e. The Labute approximate surface area is 338 Å². The number of benzene rings is 8. The second-order valence-corrected chi connectivity index (χ2v) is 14.6. The van der Waals surface area contributed by atoms with Crippen LogP contribution >= 0.6 is 0 Å². The van der Waals surface area contributed by atoms with Gasteiger partial charge in [0.2, 0.25) is 0 Å². The smallest absolute Gasteiger partial charge is 0.158 e. The summed E-state index contributed by atoms with van der Waals surface area (Å²) >= 11 is 0. The molecule has 0 saturated heterocycles. The monoisotopic (exact) mass is 744 g/mol. The SMILES string of the molecule is C=C/C=C\c1c(C)oc2c(N(c3ccc(-c4ccc(-c5ccccc5)cc4)cc3)c3ccc(-n4c5ccccc5c5ccccc54)cc3)cc(-c3ccccc3)cc12. The Kier molecular flexibility index (Phi) is 8.89. The Balaban J connectivity index is 1.14. The van der Waals surface area contributed by atoms with Crippen LogP contribution in [0.15, 0.2) is 217 Å². The van der Waals surface area contributed by atoms with E-state index < -0.39 is 0 Å². The van der Waals surface area contributed by atoms with E-state index in [2.05, 4.69) is 216 Å². The molecule has 0 radical (unpaired) electrons. The van der Waals surface area contributed by atoms with Crippen LogP contribution in [-0.2, 0) is 0 Å². The largest absolute Gasteiger partial charge is 0.459 e. The summed E-state index contributed by atoms with van der Waals surface area (Å²) in [5.41, 5.74) is 15.3. The number of hydrogen-bond donors (Lipinski definition) is 0. The van der Waals surface area contributed by atoms with E-state index in [-0.39, 0.29) is 0 Å². The highest BCUT2D eigenvalue weighted by Gasteiger charge is 2.23. The van der Waals surface area contributed by atoms with Gasteiger partial charge in [-0.2, -0.15) is 0 Å². The third-order valence-electron chi connectivity index (χ3n) is 11.1. The quantitative estimate of drug-likeness (QED) is 0.137. The van der Waals surface area contributed by atoms with Gasteiger partial charge in [-0.3, -0.25) is 0 Å². The highest BCUT2D eigenvalue weighted by Crippen LogP contribution is 2.45. The van der Waals surface area contributed by atoms with Gasteiger partial charge in [0, 0.05) is 38.8 Å². The Bertz CT molecular complexity index is 3040. The molecule has 2 aromatic heterocycles. The van der Waals surface area contributed by atoms with Crippen molar-refractivity contribution >= 4 is 55.9 Å². The topological polar surface area (TPSA) is 21.3 Å². The normalized spacial score (nSPS) is 11.5. The van der Waals surface area contributed by atoms with E-state index >= 15 is 0 Å². The maximum absolute atomic E-state index is 6.73. The molecule has 0 fully saturated rings. The molecule has 0 aliphatic carbocycles. The van der Waals surface area contributed by atoms with E-state index in [9.17, 15) is 0 Å². The van der Waals surface area contributed by atoms with Crippen molar-refractivity contribution in [1.29, 1.82) is 0 Å². The second-order valence-electron chi connectivity index (χ2n) is 14.6. The maximum Gasteiger partial charge on any atom is 0.158 e. The standard InChI is InChI=1S/C55H40N2O/c1-3-4-19-48-38(2)58-55-51(48)36-44(40-17-9-6-10-18-40)37-54(55)56(45-30-28-43(29-31-45)42-26-24-41(25-27-42)39-15-7-5-8-16-39)46-32-34-47(35-33-46)57-52-22-13-11-20-49(52)50-21-12-14-23-53(50)57/h3-37H,1H2,2H3/b19-4-. The average Bonchev–Trinajstić information content (AvgIpc) is 3.80. The third-order valence-corrected chi connectivity index (χ3v) is 11.1. The molecule has 8 aromatic carbocycles. The van der Waals surface area contributed by atoms with Gasteiger partial charge in [-0.25, -0.2) is 0 Å². The van der Waals surface area contributed by atoms with Crippen molar-refractivity contribution in [3.05, 3.63) is 224 Å². The van der Waals surface area contributed by atoms with Gasteiger partial charge in [0.25, 0.3) is 0 Å². The van der Waals surface area contributed by atoms with Crippen molar-refractivity contribution in [3.63, 3.8) is 0 Å². The van der Waals surface area contributed by atoms with E-state index in [1.165, 1.54) is 38.5 Å². The molecule has 0 N–H and O–H groups in total. The van der Waals surface area contributed by atoms with Gasteiger partial charge in [-0.1, -0.05) is 158 Å². The Morgan fingerprint density at radius 2 is 0.948 bits per heavy atom. The lowest BCUT2D eigenvalue weighted by atomic mass is 9.99. The highest BCUT2D eigenvalue weighted by molar-refractivity contribution is 6.09. The van der Waals surface area contributed by atoms with Crippen molar-refractivity contribution in [2.24, 2.45) is 0 Å². The fraction of sp³-hybridized carbons (Fsp3) is 0.0182. The zero-order valence-corrected chi connectivity index (χ0v) is 32.2. The van der Waals surface area contributed by atoms with Crippen molar-refractivity contribution in [2.45, 2.75) is 6.92 Å². The lowest BCUT2D eigenvalue weighted by Crippen LogP contribution is -2.11. The van der Waals surface area contributed by atoms with E-state index in [1.807, 2.05) is 19.1 Å². The molecular formula is C55H40N2O. The number of aromatic nitrogens is 1. The number of nitrogens with zero attached hydrogens (tertiary/aromatic N) is 2. The van der Waals surface area contributed by atoms with Gasteiger partial charge >= 0.3 is 0 Å². The van der Waals surface area contributed by atoms with Crippen molar-refractivity contribution in [2.75, 3.05) is 4.90 Å².